The van der Waals surface area contributed by atoms with Gasteiger partial charge < -0.3 is 15.6 Å². The highest BCUT2D eigenvalue weighted by atomic mass is 79.9. The van der Waals surface area contributed by atoms with E-state index in [-0.39, 0.29) is 18.8 Å². The molecule has 3 atom stereocenters. The summed E-state index contributed by atoms with van der Waals surface area (Å²) in [4.78, 5) is 17.9. The van der Waals surface area contributed by atoms with Gasteiger partial charge in [-0.05, 0) is 21.5 Å². The lowest BCUT2D eigenvalue weighted by Crippen LogP contribution is -2.28. The maximum Gasteiger partial charge on any atom is 0.351 e. The van der Waals surface area contributed by atoms with Crippen molar-refractivity contribution in [2.45, 2.75) is 24.9 Å². The maximum atomic E-state index is 11.7. The minimum Gasteiger partial charge on any atom is -0.390 e. The van der Waals surface area contributed by atoms with Gasteiger partial charge in [-0.1, -0.05) is 5.11 Å². The van der Waals surface area contributed by atoms with Crippen LogP contribution in [-0.4, -0.2) is 33.4 Å². The Hall–Kier alpha value is -1.61. The molecule has 1 aliphatic rings. The summed E-state index contributed by atoms with van der Waals surface area (Å²) in [5, 5.41) is 13.1. The van der Waals surface area contributed by atoms with E-state index in [0.717, 1.165) is 0 Å². The van der Waals surface area contributed by atoms with Gasteiger partial charge >= 0.3 is 5.69 Å². The Morgan fingerprint density at radius 1 is 1.79 bits per heavy atom. The van der Waals surface area contributed by atoms with Crippen molar-refractivity contribution in [2.75, 3.05) is 12.3 Å². The molecular weight excluding hydrogens is 320 g/mol. The van der Waals surface area contributed by atoms with E-state index in [2.05, 4.69) is 30.9 Å². The average Bonchev–Trinajstić information content (AvgIpc) is 2.72. The molecule has 102 valence electrons. The van der Waals surface area contributed by atoms with Crippen LogP contribution in [0.3, 0.4) is 0 Å². The molecule has 9 nitrogen and oxygen atoms in total. The molecule has 0 spiro atoms. The van der Waals surface area contributed by atoms with Crippen LogP contribution in [0.5, 0.6) is 0 Å². The Morgan fingerprint density at radius 3 is 3.21 bits per heavy atom. The predicted molar refractivity (Wildman–Crippen MR) is 69.2 cm³/mol. The summed E-state index contributed by atoms with van der Waals surface area (Å²) in [6.45, 7) is 0.00644. The molecular formula is C9H11BrN6O3. The van der Waals surface area contributed by atoms with Crippen LogP contribution in [0.1, 0.15) is 12.6 Å². The molecule has 1 aliphatic heterocycles. The molecule has 0 bridgehead atoms. The number of ether oxygens (including phenoxy) is 1. The molecule has 10 heteroatoms. The maximum absolute atomic E-state index is 11.7. The van der Waals surface area contributed by atoms with Crippen LogP contribution < -0.4 is 11.4 Å². The van der Waals surface area contributed by atoms with Crippen LogP contribution >= 0.6 is 15.9 Å². The fourth-order valence-corrected chi connectivity index (χ4v) is 2.14. The van der Waals surface area contributed by atoms with Gasteiger partial charge in [0, 0.05) is 17.5 Å². The van der Waals surface area contributed by atoms with Crippen molar-refractivity contribution in [1.82, 2.24) is 9.55 Å². The molecule has 0 aromatic carbocycles. The van der Waals surface area contributed by atoms with Crippen molar-refractivity contribution in [2.24, 2.45) is 5.11 Å². The summed E-state index contributed by atoms with van der Waals surface area (Å²) >= 11 is 3.17. The molecule has 1 unspecified atom stereocenters. The van der Waals surface area contributed by atoms with Crippen molar-refractivity contribution in [1.29, 1.82) is 0 Å². The Kier molecular flexibility index (Phi) is 4.05. The number of azide groups is 1. The van der Waals surface area contributed by atoms with Crippen molar-refractivity contribution in [3.63, 3.8) is 0 Å². The normalized spacial score (nSPS) is 26.1. The van der Waals surface area contributed by atoms with E-state index >= 15 is 0 Å². The first-order chi connectivity index (χ1) is 9.02. The third-order valence-electron chi connectivity index (χ3n) is 2.77. The van der Waals surface area contributed by atoms with Gasteiger partial charge in [-0.25, -0.2) is 4.79 Å². The third kappa shape index (κ3) is 2.87. The summed E-state index contributed by atoms with van der Waals surface area (Å²) in [6, 6.07) is 0. The lowest BCUT2D eigenvalue weighted by atomic mass is 10.2. The first-order valence-corrected chi connectivity index (χ1v) is 6.20. The highest BCUT2D eigenvalue weighted by molar-refractivity contribution is 9.10. The van der Waals surface area contributed by atoms with Gasteiger partial charge in [0.15, 0.2) is 0 Å². The monoisotopic (exact) mass is 330 g/mol. The minimum absolute atomic E-state index is 0.00644. The summed E-state index contributed by atoms with van der Waals surface area (Å²) in [7, 11) is 0. The SMILES string of the molecule is [N-]=[N+]=NC[C@H]1O[C@@H](n2cc(Br)c(N)nc2=O)CC1O. The third-order valence-corrected chi connectivity index (χ3v) is 3.38. The smallest absolute Gasteiger partial charge is 0.351 e. The molecule has 19 heavy (non-hydrogen) atoms. The lowest BCUT2D eigenvalue weighted by molar-refractivity contribution is -0.0150. The van der Waals surface area contributed by atoms with E-state index in [1.54, 1.807) is 0 Å². The van der Waals surface area contributed by atoms with Gasteiger partial charge in [-0.2, -0.15) is 4.98 Å². The fourth-order valence-electron chi connectivity index (χ4n) is 1.83. The standard InChI is InChI=1S/C9H11BrN6O3/c10-4-3-16(9(18)14-8(4)11)7-1-5(17)6(19-7)2-13-15-12/h3,5-7,17H,1-2H2,(H2,11,14,18)/t5?,6-,7-/m1/s1. The van der Waals surface area contributed by atoms with E-state index in [1.165, 1.54) is 10.8 Å². The van der Waals surface area contributed by atoms with Crippen LogP contribution in [0, 0.1) is 0 Å². The van der Waals surface area contributed by atoms with E-state index in [4.69, 9.17) is 16.0 Å². The number of hydrogen-bond donors (Lipinski definition) is 2. The number of hydrogen-bond acceptors (Lipinski definition) is 6. The fraction of sp³-hybridized carbons (Fsp3) is 0.556. The van der Waals surface area contributed by atoms with Crippen molar-refractivity contribution >= 4 is 21.7 Å². The number of nitrogens with two attached hydrogens (primary N) is 1. The topological polar surface area (TPSA) is 139 Å². The Labute approximate surface area is 115 Å². The van der Waals surface area contributed by atoms with Gasteiger partial charge in [0.2, 0.25) is 0 Å². The number of nitrogen functional groups attached to an aromatic ring is 1. The van der Waals surface area contributed by atoms with Crippen molar-refractivity contribution in [3.05, 3.63) is 31.6 Å². The molecule has 0 radical (unpaired) electrons. The molecule has 2 heterocycles. The van der Waals surface area contributed by atoms with Crippen molar-refractivity contribution in [3.8, 4) is 0 Å². The molecule has 1 aromatic rings. The Balaban J connectivity index is 2.23. The number of anilines is 1. The average molecular weight is 331 g/mol. The minimum atomic E-state index is -0.807. The van der Waals surface area contributed by atoms with Crippen molar-refractivity contribution < 1.29 is 9.84 Å². The highest BCUT2D eigenvalue weighted by Gasteiger charge is 2.35. The second-order valence-electron chi connectivity index (χ2n) is 4.01. The molecule has 0 amide bonds. The van der Waals surface area contributed by atoms with Crippen LogP contribution in [0.25, 0.3) is 10.4 Å². The van der Waals surface area contributed by atoms with Gasteiger partial charge in [0.05, 0.1) is 23.2 Å². The molecule has 0 saturated carbocycles. The van der Waals surface area contributed by atoms with Gasteiger partial charge in [-0.3, -0.25) is 4.57 Å². The molecule has 1 fully saturated rings. The van der Waals surface area contributed by atoms with Crippen LogP contribution in [0.2, 0.25) is 0 Å². The first kappa shape index (κ1) is 13.8. The Morgan fingerprint density at radius 2 is 2.53 bits per heavy atom. The largest absolute Gasteiger partial charge is 0.390 e. The summed E-state index contributed by atoms with van der Waals surface area (Å²) in [5.74, 6) is 0.0884. The summed E-state index contributed by atoms with van der Waals surface area (Å²) in [6.07, 6.45) is -0.435. The van der Waals surface area contributed by atoms with Crippen LogP contribution in [-0.2, 0) is 4.74 Å². The summed E-state index contributed by atoms with van der Waals surface area (Å²) < 4.78 is 7.18. The number of aromatic nitrogens is 2. The van der Waals surface area contributed by atoms with Gasteiger partial charge in [-0.15, -0.1) is 0 Å². The second-order valence-corrected chi connectivity index (χ2v) is 4.86. The molecule has 3 N–H and O–H groups in total. The van der Waals surface area contributed by atoms with Gasteiger partial charge in [0.25, 0.3) is 0 Å². The number of aliphatic hydroxyl groups excluding tert-OH is 1. The Bertz CT molecular complexity index is 584. The van der Waals surface area contributed by atoms with Crippen LogP contribution in [0.4, 0.5) is 5.82 Å². The number of aliphatic hydroxyl groups is 1. The number of nitrogens with zero attached hydrogens (tertiary/aromatic N) is 5. The predicted octanol–water partition coefficient (Wildman–Crippen LogP) is 0.547. The molecule has 1 saturated heterocycles. The number of halogens is 1. The molecule has 2 rings (SSSR count). The van der Waals surface area contributed by atoms with Crippen LogP contribution in [0.15, 0.2) is 20.6 Å². The van der Waals surface area contributed by atoms with E-state index in [0.29, 0.717) is 4.47 Å². The number of rotatable bonds is 3. The first-order valence-electron chi connectivity index (χ1n) is 5.41. The van der Waals surface area contributed by atoms with Gasteiger partial charge in [0.1, 0.15) is 12.0 Å². The quantitative estimate of drug-likeness (QED) is 0.473. The molecule has 0 aliphatic carbocycles. The highest BCUT2D eigenvalue weighted by Crippen LogP contribution is 2.29. The lowest BCUT2D eigenvalue weighted by Gasteiger charge is -2.15. The second kappa shape index (κ2) is 5.57. The van der Waals surface area contributed by atoms with E-state index < -0.39 is 24.1 Å². The van der Waals surface area contributed by atoms with E-state index in [1.807, 2.05) is 0 Å². The zero-order valence-corrected chi connectivity index (χ0v) is 11.3. The van der Waals surface area contributed by atoms with E-state index in [9.17, 15) is 9.90 Å². The summed E-state index contributed by atoms with van der Waals surface area (Å²) in [5.41, 5.74) is 13.2. The zero-order chi connectivity index (χ0) is 14.0. The zero-order valence-electron chi connectivity index (χ0n) is 9.68. The molecule has 1 aromatic heterocycles.